The van der Waals surface area contributed by atoms with Crippen LogP contribution in [-0.4, -0.2) is 10.5 Å². The lowest BCUT2D eigenvalue weighted by molar-refractivity contribution is -0.114. The second kappa shape index (κ2) is 5.71. The maximum absolute atomic E-state index is 12.0. The van der Waals surface area contributed by atoms with Gasteiger partial charge in [0.2, 0.25) is 5.91 Å². The van der Waals surface area contributed by atoms with E-state index in [1.54, 1.807) is 0 Å². The number of hydrogen-bond donors (Lipinski definition) is 1. The Morgan fingerprint density at radius 3 is 2.54 bits per heavy atom. The van der Waals surface area contributed by atoms with E-state index in [1.165, 1.54) is 59.8 Å². The van der Waals surface area contributed by atoms with Gasteiger partial charge in [-0.2, -0.15) is 0 Å². The molecule has 6 rings (SSSR count). The van der Waals surface area contributed by atoms with Crippen molar-refractivity contribution in [2.45, 2.75) is 38.0 Å². The molecule has 28 heavy (non-hydrogen) atoms. The summed E-state index contributed by atoms with van der Waals surface area (Å²) in [5.41, 5.74) is 14.6. The van der Waals surface area contributed by atoms with Gasteiger partial charge in [-0.05, 0) is 36.0 Å². The van der Waals surface area contributed by atoms with Crippen molar-refractivity contribution in [1.82, 2.24) is 4.57 Å². The highest BCUT2D eigenvalue weighted by Crippen LogP contribution is 2.53. The van der Waals surface area contributed by atoms with Crippen LogP contribution in [0.15, 0.2) is 59.7 Å². The molecule has 0 spiro atoms. The maximum atomic E-state index is 12.0. The maximum Gasteiger partial charge on any atom is 0.250 e. The van der Waals surface area contributed by atoms with Gasteiger partial charge in [0.15, 0.2) is 0 Å². The molecule has 3 nitrogen and oxygen atoms in total. The van der Waals surface area contributed by atoms with Crippen molar-refractivity contribution >= 4 is 28.6 Å². The van der Waals surface area contributed by atoms with E-state index in [-0.39, 0.29) is 5.91 Å². The second-order valence-electron chi connectivity index (χ2n) is 8.22. The van der Waals surface area contributed by atoms with E-state index >= 15 is 0 Å². The zero-order valence-electron chi connectivity index (χ0n) is 15.7. The number of rotatable bonds is 2. The normalized spacial score (nSPS) is 18.2. The van der Waals surface area contributed by atoms with Gasteiger partial charge in [-0.3, -0.25) is 4.79 Å². The highest BCUT2D eigenvalue weighted by Gasteiger charge is 2.39. The van der Waals surface area contributed by atoms with Crippen molar-refractivity contribution in [2.24, 2.45) is 5.73 Å². The lowest BCUT2D eigenvalue weighted by Gasteiger charge is -2.23. The molecule has 2 heterocycles. The fourth-order valence-corrected chi connectivity index (χ4v) is 5.32. The standard InChI is InChI=1S/C25H22N2O/c26-25(28)23-20-14-27-21(18-10-4-5-11-19(18)22(20)23)13-16-9-6-12-17(24(16)27)15-7-2-1-3-8-15/h4-6,9-15H,1-3,7-8H2,(H2,26,28). The quantitative estimate of drug-likeness (QED) is 0.643. The summed E-state index contributed by atoms with van der Waals surface area (Å²) < 4.78 is 2.32. The van der Waals surface area contributed by atoms with Crippen molar-refractivity contribution < 1.29 is 4.79 Å². The van der Waals surface area contributed by atoms with Crippen molar-refractivity contribution in [3.8, 4) is 11.3 Å². The SMILES string of the molecule is NC(=O)C1=C2C1=Cn1c(cc3cccc(C4CCCCC4)c31)-c1ccccc12. The first kappa shape index (κ1) is 15.9. The third-order valence-corrected chi connectivity index (χ3v) is 6.64. The first-order valence-corrected chi connectivity index (χ1v) is 10.2. The van der Waals surface area contributed by atoms with E-state index < -0.39 is 0 Å². The zero-order valence-corrected chi connectivity index (χ0v) is 15.7. The Morgan fingerprint density at radius 2 is 1.75 bits per heavy atom. The summed E-state index contributed by atoms with van der Waals surface area (Å²) in [6, 6.07) is 17.4. The Balaban J connectivity index is 1.65. The molecule has 0 radical (unpaired) electrons. The van der Waals surface area contributed by atoms with Crippen molar-refractivity contribution in [1.29, 1.82) is 0 Å². The van der Waals surface area contributed by atoms with Gasteiger partial charge in [0.05, 0.1) is 16.8 Å². The summed E-state index contributed by atoms with van der Waals surface area (Å²) in [6.45, 7) is 0. The van der Waals surface area contributed by atoms with Crippen LogP contribution in [0, 0.1) is 0 Å². The van der Waals surface area contributed by atoms with Crippen molar-refractivity contribution in [3.63, 3.8) is 0 Å². The van der Waals surface area contributed by atoms with E-state index in [1.807, 2.05) is 6.07 Å². The first-order chi connectivity index (χ1) is 13.7. The molecule has 0 bridgehead atoms. The Kier molecular flexibility index (Phi) is 3.25. The lowest BCUT2D eigenvalue weighted by atomic mass is 9.83. The average Bonchev–Trinajstić information content (AvgIpc) is 3.36. The third kappa shape index (κ3) is 2.13. The molecule has 2 aliphatic carbocycles. The average molecular weight is 366 g/mol. The largest absolute Gasteiger partial charge is 0.366 e. The number of carbonyl (C=O) groups excluding carboxylic acids is 1. The molecule has 3 aliphatic rings. The Morgan fingerprint density at radius 1 is 0.964 bits per heavy atom. The van der Waals surface area contributed by atoms with Crippen LogP contribution in [0.2, 0.25) is 0 Å². The third-order valence-electron chi connectivity index (χ3n) is 6.64. The van der Waals surface area contributed by atoms with Crippen LogP contribution in [0.25, 0.3) is 33.9 Å². The Hall–Kier alpha value is -3.07. The minimum Gasteiger partial charge on any atom is -0.366 e. The summed E-state index contributed by atoms with van der Waals surface area (Å²) in [4.78, 5) is 12.0. The van der Waals surface area contributed by atoms with Crippen LogP contribution < -0.4 is 5.73 Å². The smallest absolute Gasteiger partial charge is 0.250 e. The van der Waals surface area contributed by atoms with Gasteiger partial charge in [0, 0.05) is 28.3 Å². The van der Waals surface area contributed by atoms with E-state index in [2.05, 4.69) is 53.2 Å². The van der Waals surface area contributed by atoms with Gasteiger partial charge in [-0.15, -0.1) is 0 Å². The lowest BCUT2D eigenvalue weighted by Crippen LogP contribution is -2.09. The van der Waals surface area contributed by atoms with E-state index in [4.69, 9.17) is 5.73 Å². The van der Waals surface area contributed by atoms with E-state index in [9.17, 15) is 4.79 Å². The van der Waals surface area contributed by atoms with Gasteiger partial charge in [0.25, 0.3) is 0 Å². The molecule has 1 aromatic heterocycles. The highest BCUT2D eigenvalue weighted by molar-refractivity contribution is 6.26. The summed E-state index contributed by atoms with van der Waals surface area (Å²) in [5.74, 6) is 0.291. The molecule has 3 heteroatoms. The Bertz CT molecular complexity index is 1220. The molecule has 2 aromatic carbocycles. The zero-order chi connectivity index (χ0) is 18.8. The summed E-state index contributed by atoms with van der Waals surface area (Å²) >= 11 is 0. The van der Waals surface area contributed by atoms with Crippen LogP contribution >= 0.6 is 0 Å². The number of para-hydroxylation sites is 1. The molecule has 0 saturated heterocycles. The fourth-order valence-electron chi connectivity index (χ4n) is 5.32. The summed E-state index contributed by atoms with van der Waals surface area (Å²) in [5, 5.41) is 1.27. The highest BCUT2D eigenvalue weighted by atomic mass is 16.1. The molecule has 0 unspecified atom stereocenters. The molecule has 1 saturated carbocycles. The number of nitrogens with two attached hydrogens (primary N) is 1. The van der Waals surface area contributed by atoms with Gasteiger partial charge in [-0.1, -0.05) is 61.7 Å². The van der Waals surface area contributed by atoms with Crippen LogP contribution in [-0.2, 0) is 4.79 Å². The van der Waals surface area contributed by atoms with Crippen LogP contribution in [0.1, 0.15) is 49.1 Å². The minimum absolute atomic E-state index is 0.330. The number of amides is 1. The van der Waals surface area contributed by atoms with E-state index in [0.717, 1.165) is 16.7 Å². The number of allylic oxidation sites excluding steroid dienone is 1. The molecule has 1 aliphatic heterocycles. The summed E-state index contributed by atoms with van der Waals surface area (Å²) in [6.07, 6.45) is 8.66. The predicted octanol–water partition coefficient (Wildman–Crippen LogP) is 5.46. The molecule has 138 valence electrons. The number of hydrogen-bond acceptors (Lipinski definition) is 1. The molecule has 3 aromatic rings. The first-order valence-electron chi connectivity index (χ1n) is 10.2. The minimum atomic E-state index is -0.330. The second-order valence-corrected chi connectivity index (χ2v) is 8.22. The number of aromatic nitrogens is 1. The number of fused-ring (bicyclic) bond motifs is 7. The Labute approximate surface area is 164 Å². The van der Waals surface area contributed by atoms with Gasteiger partial charge >= 0.3 is 0 Å². The molecular formula is C25H22N2O. The summed E-state index contributed by atoms with van der Waals surface area (Å²) in [7, 11) is 0. The molecule has 1 amide bonds. The number of carbonyl (C=O) groups is 1. The molecule has 0 atom stereocenters. The predicted molar refractivity (Wildman–Crippen MR) is 114 cm³/mol. The van der Waals surface area contributed by atoms with E-state index in [0.29, 0.717) is 11.5 Å². The molecule has 1 fully saturated rings. The van der Waals surface area contributed by atoms with Crippen molar-refractivity contribution in [3.05, 3.63) is 70.8 Å². The van der Waals surface area contributed by atoms with Crippen LogP contribution in [0.3, 0.4) is 0 Å². The molecular weight excluding hydrogens is 344 g/mol. The monoisotopic (exact) mass is 366 g/mol. The number of primary amides is 1. The molecule has 2 N–H and O–H groups in total. The van der Waals surface area contributed by atoms with Gasteiger partial charge in [0.1, 0.15) is 0 Å². The van der Waals surface area contributed by atoms with Crippen molar-refractivity contribution in [2.75, 3.05) is 0 Å². The topological polar surface area (TPSA) is 48.0 Å². The van der Waals surface area contributed by atoms with Crippen LogP contribution in [0.5, 0.6) is 0 Å². The fraction of sp³-hybridized carbons (Fsp3) is 0.240. The van der Waals surface area contributed by atoms with Crippen LogP contribution in [0.4, 0.5) is 0 Å². The number of benzene rings is 2. The van der Waals surface area contributed by atoms with Gasteiger partial charge < -0.3 is 10.3 Å². The van der Waals surface area contributed by atoms with Gasteiger partial charge in [-0.25, -0.2) is 0 Å². The number of nitrogens with zero attached hydrogens (tertiary/aromatic N) is 1.